The summed E-state index contributed by atoms with van der Waals surface area (Å²) < 4.78 is 63.0. The van der Waals surface area contributed by atoms with Crippen molar-refractivity contribution < 1.29 is 26.4 Å². The van der Waals surface area contributed by atoms with E-state index >= 15 is 0 Å². The van der Waals surface area contributed by atoms with Gasteiger partial charge >= 0.3 is 6.18 Å². The summed E-state index contributed by atoms with van der Waals surface area (Å²) in [4.78, 5) is 12.3. The van der Waals surface area contributed by atoms with Crippen molar-refractivity contribution in [1.82, 2.24) is 0 Å². The van der Waals surface area contributed by atoms with Crippen molar-refractivity contribution in [2.24, 2.45) is 0 Å². The Kier molecular flexibility index (Phi) is 7.29. The van der Waals surface area contributed by atoms with Gasteiger partial charge in [0.2, 0.25) is 15.9 Å². The Morgan fingerprint density at radius 2 is 1.62 bits per heavy atom. The second-order valence-electron chi connectivity index (χ2n) is 6.66. The lowest BCUT2D eigenvalue weighted by atomic mass is 10.1. The van der Waals surface area contributed by atoms with E-state index in [1.165, 1.54) is 0 Å². The van der Waals surface area contributed by atoms with E-state index in [1.54, 1.807) is 12.1 Å². The molecule has 0 aromatic heterocycles. The summed E-state index contributed by atoms with van der Waals surface area (Å²) in [5, 5.41) is 2.61. The fourth-order valence-electron chi connectivity index (χ4n) is 2.68. The molecule has 1 N–H and O–H groups in total. The maximum atomic E-state index is 12.7. The number of hydrogen-bond donors (Lipinski definition) is 1. The van der Waals surface area contributed by atoms with Crippen LogP contribution in [0.5, 0.6) is 0 Å². The fraction of sp³-hybridized carbons (Fsp3) is 0.350. The van der Waals surface area contributed by atoms with Crippen LogP contribution >= 0.6 is 0 Å². The molecule has 0 bridgehead atoms. The zero-order chi connectivity index (χ0) is 21.7. The van der Waals surface area contributed by atoms with Crippen molar-refractivity contribution in [3.05, 3.63) is 59.7 Å². The monoisotopic (exact) mass is 428 g/mol. The minimum atomic E-state index is -4.53. The van der Waals surface area contributed by atoms with E-state index in [-0.39, 0.29) is 5.69 Å². The number of aryl methyl sites for hydroxylation is 1. The van der Waals surface area contributed by atoms with Gasteiger partial charge in [-0.1, -0.05) is 25.5 Å². The molecule has 2 aromatic carbocycles. The van der Waals surface area contributed by atoms with Crippen LogP contribution in [-0.4, -0.2) is 27.1 Å². The van der Waals surface area contributed by atoms with Crippen molar-refractivity contribution in [2.45, 2.75) is 32.4 Å². The Bertz CT molecular complexity index is 925. The van der Waals surface area contributed by atoms with Crippen LogP contribution in [0, 0.1) is 0 Å². The van der Waals surface area contributed by atoms with Crippen molar-refractivity contribution in [2.75, 3.05) is 22.4 Å². The van der Waals surface area contributed by atoms with E-state index < -0.39 is 34.2 Å². The van der Waals surface area contributed by atoms with E-state index in [1.807, 2.05) is 12.1 Å². The number of benzene rings is 2. The summed E-state index contributed by atoms with van der Waals surface area (Å²) in [6, 6.07) is 10.8. The van der Waals surface area contributed by atoms with E-state index in [0.717, 1.165) is 59.7 Å². The minimum absolute atomic E-state index is 0.0226. The molecule has 0 aliphatic rings. The first kappa shape index (κ1) is 22.7. The van der Waals surface area contributed by atoms with E-state index in [2.05, 4.69) is 12.2 Å². The number of amides is 1. The predicted molar refractivity (Wildman–Crippen MR) is 107 cm³/mol. The molecule has 0 saturated heterocycles. The number of carbonyl (C=O) groups excluding carboxylic acids is 1. The highest BCUT2D eigenvalue weighted by Gasteiger charge is 2.30. The van der Waals surface area contributed by atoms with Gasteiger partial charge in [-0.15, -0.1) is 0 Å². The van der Waals surface area contributed by atoms with Gasteiger partial charge in [0.05, 0.1) is 17.5 Å². The summed E-state index contributed by atoms with van der Waals surface area (Å²) in [7, 11) is -3.88. The molecule has 0 aliphatic heterocycles. The summed E-state index contributed by atoms with van der Waals surface area (Å²) in [5.74, 6) is -0.600. The van der Waals surface area contributed by atoms with Gasteiger partial charge in [-0.25, -0.2) is 8.42 Å². The van der Waals surface area contributed by atoms with Crippen LogP contribution < -0.4 is 9.62 Å². The van der Waals surface area contributed by atoms with Crippen molar-refractivity contribution in [1.29, 1.82) is 0 Å². The summed E-state index contributed by atoms with van der Waals surface area (Å²) in [5.41, 5.74) is 0.719. The number of sulfonamides is 1. The SMILES string of the molecule is CCCCc1ccc(NC(=O)CN(c2ccc(C(F)(F)F)cc2)S(C)(=O)=O)cc1. The van der Waals surface area contributed by atoms with Gasteiger partial charge in [0.15, 0.2) is 0 Å². The molecule has 0 saturated carbocycles. The van der Waals surface area contributed by atoms with E-state index in [4.69, 9.17) is 0 Å². The first-order valence-corrected chi connectivity index (χ1v) is 10.9. The van der Waals surface area contributed by atoms with E-state index in [0.29, 0.717) is 5.69 Å². The topological polar surface area (TPSA) is 66.5 Å². The first-order chi connectivity index (χ1) is 13.5. The number of carbonyl (C=O) groups is 1. The van der Waals surface area contributed by atoms with Crippen LogP contribution in [0.3, 0.4) is 0 Å². The van der Waals surface area contributed by atoms with Crippen molar-refractivity contribution >= 4 is 27.3 Å². The molecular formula is C20H23F3N2O3S. The number of anilines is 2. The lowest BCUT2D eigenvalue weighted by Gasteiger charge is -2.22. The zero-order valence-electron chi connectivity index (χ0n) is 16.2. The molecule has 29 heavy (non-hydrogen) atoms. The number of rotatable bonds is 8. The average Bonchev–Trinajstić information content (AvgIpc) is 2.64. The molecule has 5 nitrogen and oxygen atoms in total. The van der Waals surface area contributed by atoms with Gasteiger partial charge in [-0.05, 0) is 54.8 Å². The van der Waals surface area contributed by atoms with Crippen molar-refractivity contribution in [3.8, 4) is 0 Å². The van der Waals surface area contributed by atoms with Crippen LogP contribution in [-0.2, 0) is 27.4 Å². The zero-order valence-corrected chi connectivity index (χ0v) is 17.0. The maximum Gasteiger partial charge on any atom is 0.416 e. The lowest BCUT2D eigenvalue weighted by molar-refractivity contribution is -0.137. The second kappa shape index (κ2) is 9.30. The normalized spacial score (nSPS) is 11.9. The highest BCUT2D eigenvalue weighted by atomic mass is 32.2. The third-order valence-corrected chi connectivity index (χ3v) is 5.37. The Balaban J connectivity index is 2.11. The van der Waals surface area contributed by atoms with Crippen LogP contribution in [0.4, 0.5) is 24.5 Å². The molecule has 2 rings (SSSR count). The standard InChI is InChI=1S/C20H23F3N2O3S/c1-3-4-5-15-6-10-17(11-7-15)24-19(26)14-25(29(2,27)28)18-12-8-16(9-13-18)20(21,22)23/h6-13H,3-5,14H2,1-2H3,(H,24,26). The Labute approximate surface area is 168 Å². The minimum Gasteiger partial charge on any atom is -0.325 e. The molecule has 0 heterocycles. The summed E-state index contributed by atoms with van der Waals surface area (Å²) in [6.45, 7) is 1.54. The van der Waals surface area contributed by atoms with Gasteiger partial charge < -0.3 is 5.32 Å². The highest BCUT2D eigenvalue weighted by molar-refractivity contribution is 7.92. The Morgan fingerprint density at radius 3 is 2.10 bits per heavy atom. The Morgan fingerprint density at radius 1 is 1.03 bits per heavy atom. The number of halogens is 3. The van der Waals surface area contributed by atoms with Gasteiger partial charge in [-0.2, -0.15) is 13.2 Å². The molecule has 9 heteroatoms. The molecular weight excluding hydrogens is 405 g/mol. The number of hydrogen-bond acceptors (Lipinski definition) is 3. The largest absolute Gasteiger partial charge is 0.416 e. The predicted octanol–water partition coefficient (Wildman–Crippen LogP) is 4.45. The van der Waals surface area contributed by atoms with Gasteiger partial charge in [0.25, 0.3) is 0 Å². The molecule has 1 amide bonds. The smallest absolute Gasteiger partial charge is 0.325 e. The van der Waals surface area contributed by atoms with Crippen molar-refractivity contribution in [3.63, 3.8) is 0 Å². The average molecular weight is 428 g/mol. The number of nitrogens with zero attached hydrogens (tertiary/aromatic N) is 1. The second-order valence-corrected chi connectivity index (χ2v) is 8.57. The van der Waals surface area contributed by atoms with E-state index in [9.17, 15) is 26.4 Å². The first-order valence-electron chi connectivity index (χ1n) is 9.04. The van der Waals surface area contributed by atoms with Gasteiger partial charge in [0, 0.05) is 5.69 Å². The quantitative estimate of drug-likeness (QED) is 0.675. The molecule has 0 fully saturated rings. The number of unbranched alkanes of at least 4 members (excludes halogenated alkanes) is 1. The van der Waals surface area contributed by atoms with Crippen LogP contribution in [0.25, 0.3) is 0 Å². The van der Waals surface area contributed by atoms with Gasteiger partial charge in [-0.3, -0.25) is 9.10 Å². The number of nitrogens with one attached hydrogen (secondary N) is 1. The molecule has 0 spiro atoms. The third kappa shape index (κ3) is 6.77. The molecule has 2 aromatic rings. The van der Waals surface area contributed by atoms with Crippen LogP contribution in [0.15, 0.2) is 48.5 Å². The molecule has 158 valence electrons. The summed E-state index contributed by atoms with van der Waals surface area (Å²) in [6.07, 6.45) is -0.581. The molecule has 0 unspecified atom stereocenters. The van der Waals surface area contributed by atoms with Crippen LogP contribution in [0.2, 0.25) is 0 Å². The summed E-state index contributed by atoms with van der Waals surface area (Å²) >= 11 is 0. The number of alkyl halides is 3. The molecule has 0 radical (unpaired) electrons. The maximum absolute atomic E-state index is 12.7. The molecule has 0 aliphatic carbocycles. The highest BCUT2D eigenvalue weighted by Crippen LogP contribution is 2.31. The third-order valence-electron chi connectivity index (χ3n) is 4.23. The Hall–Kier alpha value is -2.55. The van der Waals surface area contributed by atoms with Crippen LogP contribution in [0.1, 0.15) is 30.9 Å². The fourth-order valence-corrected chi connectivity index (χ4v) is 3.54. The lowest BCUT2D eigenvalue weighted by Crippen LogP contribution is -2.37. The van der Waals surface area contributed by atoms with Gasteiger partial charge in [0.1, 0.15) is 6.54 Å². The molecule has 0 atom stereocenters.